The summed E-state index contributed by atoms with van der Waals surface area (Å²) in [6.45, 7) is 4.79. The fourth-order valence-electron chi connectivity index (χ4n) is 1.95. The van der Waals surface area contributed by atoms with E-state index in [1.54, 1.807) is 24.3 Å². The van der Waals surface area contributed by atoms with Crippen molar-refractivity contribution < 1.29 is 13.2 Å². The van der Waals surface area contributed by atoms with Crippen LogP contribution in [0.15, 0.2) is 53.4 Å². The average molecular weight is 304 g/mol. The molecule has 0 aromatic heterocycles. The first kappa shape index (κ1) is 15.6. The van der Waals surface area contributed by atoms with E-state index in [1.165, 1.54) is 11.8 Å². The lowest BCUT2D eigenvalue weighted by molar-refractivity contribution is 0.306. The van der Waals surface area contributed by atoms with Crippen molar-refractivity contribution in [2.45, 2.75) is 31.3 Å². The Kier molecular flexibility index (Phi) is 4.68. The predicted octanol–water partition coefficient (Wildman–Crippen LogP) is 3.79. The summed E-state index contributed by atoms with van der Waals surface area (Å²) in [7, 11) is -3.16. The highest BCUT2D eigenvalue weighted by molar-refractivity contribution is 7.90. The zero-order valence-corrected chi connectivity index (χ0v) is 13.4. The predicted molar refractivity (Wildman–Crippen MR) is 84.4 cm³/mol. The third-order valence-corrected chi connectivity index (χ3v) is 4.43. The monoisotopic (exact) mass is 304 g/mol. The molecule has 4 heteroatoms. The fourth-order valence-corrected chi connectivity index (χ4v) is 2.58. The van der Waals surface area contributed by atoms with Crippen LogP contribution in [0.3, 0.4) is 0 Å². The van der Waals surface area contributed by atoms with Crippen molar-refractivity contribution in [2.75, 3.05) is 6.26 Å². The van der Waals surface area contributed by atoms with Crippen LogP contribution in [0.4, 0.5) is 0 Å². The largest absolute Gasteiger partial charge is 0.489 e. The molecule has 2 rings (SSSR count). The minimum absolute atomic E-state index is 0.302. The van der Waals surface area contributed by atoms with Gasteiger partial charge in [0, 0.05) is 6.26 Å². The van der Waals surface area contributed by atoms with Gasteiger partial charge in [0.15, 0.2) is 9.84 Å². The summed E-state index contributed by atoms with van der Waals surface area (Å²) in [6.07, 6.45) is 1.19. The Morgan fingerprint density at radius 3 is 2.00 bits per heavy atom. The van der Waals surface area contributed by atoms with Gasteiger partial charge in [-0.25, -0.2) is 8.42 Å². The van der Waals surface area contributed by atoms with E-state index in [9.17, 15) is 8.42 Å². The standard InChI is InChI=1S/C17H20O3S/c1-13(2)15-6-4-14(5-7-15)12-20-16-8-10-17(11-9-16)21(3,18)19/h4-11,13H,12H2,1-3H3. The van der Waals surface area contributed by atoms with Gasteiger partial charge in [-0.3, -0.25) is 0 Å². The summed E-state index contributed by atoms with van der Waals surface area (Å²) >= 11 is 0. The van der Waals surface area contributed by atoms with Gasteiger partial charge in [-0.05, 0) is 41.3 Å². The maximum absolute atomic E-state index is 11.4. The third-order valence-electron chi connectivity index (χ3n) is 3.30. The van der Waals surface area contributed by atoms with Crippen LogP contribution in [0.1, 0.15) is 30.9 Å². The van der Waals surface area contributed by atoms with Crippen molar-refractivity contribution in [2.24, 2.45) is 0 Å². The minimum Gasteiger partial charge on any atom is -0.489 e. The third kappa shape index (κ3) is 4.33. The SMILES string of the molecule is CC(C)c1ccc(COc2ccc(S(C)(=O)=O)cc2)cc1. The molecule has 0 unspecified atom stereocenters. The van der Waals surface area contributed by atoms with Crippen LogP contribution in [0.5, 0.6) is 5.75 Å². The van der Waals surface area contributed by atoms with Gasteiger partial charge < -0.3 is 4.74 Å². The van der Waals surface area contributed by atoms with Gasteiger partial charge in [0.05, 0.1) is 4.90 Å². The molecule has 112 valence electrons. The summed E-state index contributed by atoms with van der Waals surface area (Å²) < 4.78 is 28.4. The Labute approximate surface area is 126 Å². The van der Waals surface area contributed by atoms with E-state index >= 15 is 0 Å². The Balaban J connectivity index is 2.00. The smallest absolute Gasteiger partial charge is 0.175 e. The van der Waals surface area contributed by atoms with Crippen molar-refractivity contribution in [1.29, 1.82) is 0 Å². The molecule has 0 amide bonds. The Morgan fingerprint density at radius 2 is 1.52 bits per heavy atom. The molecule has 0 atom stereocenters. The maximum atomic E-state index is 11.4. The van der Waals surface area contributed by atoms with E-state index in [2.05, 4.69) is 38.1 Å². The number of rotatable bonds is 5. The lowest BCUT2D eigenvalue weighted by atomic mass is 10.0. The lowest BCUT2D eigenvalue weighted by Gasteiger charge is -2.09. The van der Waals surface area contributed by atoms with Crippen LogP contribution in [0.25, 0.3) is 0 Å². The number of hydrogen-bond acceptors (Lipinski definition) is 3. The highest BCUT2D eigenvalue weighted by Crippen LogP contribution is 2.18. The van der Waals surface area contributed by atoms with Crippen LogP contribution in [-0.4, -0.2) is 14.7 Å². The molecule has 0 bridgehead atoms. The van der Waals surface area contributed by atoms with E-state index < -0.39 is 9.84 Å². The first-order valence-corrected chi connectivity index (χ1v) is 8.77. The molecular weight excluding hydrogens is 284 g/mol. The minimum atomic E-state index is -3.16. The summed E-state index contributed by atoms with van der Waals surface area (Å²) in [5, 5.41) is 0. The molecule has 0 aliphatic carbocycles. The van der Waals surface area contributed by atoms with Gasteiger partial charge in [-0.2, -0.15) is 0 Å². The van der Waals surface area contributed by atoms with Crippen LogP contribution < -0.4 is 4.74 Å². The van der Waals surface area contributed by atoms with E-state index in [0.717, 1.165) is 5.56 Å². The molecule has 0 spiro atoms. The van der Waals surface area contributed by atoms with Gasteiger partial charge >= 0.3 is 0 Å². The summed E-state index contributed by atoms with van der Waals surface area (Å²) in [5.41, 5.74) is 2.39. The molecule has 21 heavy (non-hydrogen) atoms. The van der Waals surface area contributed by atoms with E-state index in [1.807, 2.05) is 0 Å². The van der Waals surface area contributed by atoms with Gasteiger partial charge in [0.2, 0.25) is 0 Å². The van der Waals surface area contributed by atoms with Crippen LogP contribution in [0, 0.1) is 0 Å². The Bertz CT molecular complexity index is 684. The number of ether oxygens (including phenoxy) is 1. The summed E-state index contributed by atoms with van der Waals surface area (Å²) in [5.74, 6) is 1.18. The molecule has 0 saturated heterocycles. The fraction of sp³-hybridized carbons (Fsp3) is 0.294. The van der Waals surface area contributed by atoms with E-state index in [4.69, 9.17) is 4.74 Å². The second-order valence-electron chi connectivity index (χ2n) is 5.43. The quantitative estimate of drug-likeness (QED) is 0.844. The number of benzene rings is 2. The van der Waals surface area contributed by atoms with Crippen molar-refractivity contribution in [3.05, 3.63) is 59.7 Å². The van der Waals surface area contributed by atoms with Crippen molar-refractivity contribution in [3.8, 4) is 5.75 Å². The first-order valence-electron chi connectivity index (χ1n) is 6.88. The molecule has 0 heterocycles. The average Bonchev–Trinajstić information content (AvgIpc) is 2.45. The molecule has 0 saturated carbocycles. The van der Waals surface area contributed by atoms with Crippen LogP contribution >= 0.6 is 0 Å². The molecule has 0 fully saturated rings. The molecule has 3 nitrogen and oxygen atoms in total. The second-order valence-corrected chi connectivity index (χ2v) is 7.44. The normalized spacial score (nSPS) is 11.6. The maximum Gasteiger partial charge on any atom is 0.175 e. The second kappa shape index (κ2) is 6.31. The molecule has 0 radical (unpaired) electrons. The highest BCUT2D eigenvalue weighted by atomic mass is 32.2. The Hall–Kier alpha value is -1.81. The summed E-state index contributed by atoms with van der Waals surface area (Å²) in [4.78, 5) is 0.302. The van der Waals surface area contributed by atoms with E-state index in [-0.39, 0.29) is 0 Å². The van der Waals surface area contributed by atoms with E-state index in [0.29, 0.717) is 23.2 Å². The number of sulfone groups is 1. The van der Waals surface area contributed by atoms with Gasteiger partial charge in [0.25, 0.3) is 0 Å². The number of hydrogen-bond donors (Lipinski definition) is 0. The lowest BCUT2D eigenvalue weighted by Crippen LogP contribution is -1.98. The van der Waals surface area contributed by atoms with Gasteiger partial charge in [0.1, 0.15) is 12.4 Å². The van der Waals surface area contributed by atoms with Crippen LogP contribution in [-0.2, 0) is 16.4 Å². The summed E-state index contributed by atoms with van der Waals surface area (Å²) in [6, 6.07) is 14.8. The first-order chi connectivity index (χ1) is 9.86. The topological polar surface area (TPSA) is 43.4 Å². The molecule has 0 N–H and O–H groups in total. The molecule has 2 aromatic rings. The molecule has 0 aliphatic rings. The van der Waals surface area contributed by atoms with Crippen molar-refractivity contribution in [1.82, 2.24) is 0 Å². The van der Waals surface area contributed by atoms with Crippen molar-refractivity contribution in [3.63, 3.8) is 0 Å². The van der Waals surface area contributed by atoms with Crippen LogP contribution in [0.2, 0.25) is 0 Å². The highest BCUT2D eigenvalue weighted by Gasteiger charge is 2.06. The molecular formula is C17H20O3S. The van der Waals surface area contributed by atoms with Gasteiger partial charge in [-0.1, -0.05) is 38.1 Å². The molecule has 0 aliphatic heterocycles. The zero-order chi connectivity index (χ0) is 15.5. The molecule has 2 aromatic carbocycles. The van der Waals surface area contributed by atoms with Crippen molar-refractivity contribution >= 4 is 9.84 Å². The zero-order valence-electron chi connectivity index (χ0n) is 12.5. The van der Waals surface area contributed by atoms with Gasteiger partial charge in [-0.15, -0.1) is 0 Å². The Morgan fingerprint density at radius 1 is 0.952 bits per heavy atom.